The first kappa shape index (κ1) is 27.5. The fraction of sp³-hybridized carbons (Fsp3) is 0.333. The molecule has 2 aliphatic heterocycles. The Kier molecular flexibility index (Phi) is 7.71. The molecule has 0 saturated carbocycles. The Bertz CT molecular complexity index is 1430. The molecule has 10 heteroatoms. The zero-order valence-corrected chi connectivity index (χ0v) is 21.9. The van der Waals surface area contributed by atoms with Crippen LogP contribution in [0.4, 0.5) is 13.2 Å². The van der Waals surface area contributed by atoms with Crippen LogP contribution in [0.3, 0.4) is 0 Å². The minimum Gasteiger partial charge on any atom is -0.376 e. The number of benzene rings is 2. The smallest absolute Gasteiger partial charge is 0.294 e. The van der Waals surface area contributed by atoms with E-state index in [-0.39, 0.29) is 23.8 Å². The first-order valence-corrected chi connectivity index (χ1v) is 13.1. The Morgan fingerprint density at radius 2 is 1.65 bits per heavy atom. The fourth-order valence-corrected chi connectivity index (χ4v) is 5.30. The molecule has 7 nitrogen and oxygen atoms in total. The quantitative estimate of drug-likeness (QED) is 0.361. The number of ether oxygens (including phenoxy) is 1. The van der Waals surface area contributed by atoms with Crippen LogP contribution in [0.25, 0.3) is 11.3 Å². The number of amides is 2. The summed E-state index contributed by atoms with van der Waals surface area (Å²) in [5.74, 6) is -4.58. The molecule has 208 valence electrons. The van der Waals surface area contributed by atoms with Gasteiger partial charge in [0.1, 0.15) is 28.8 Å². The van der Waals surface area contributed by atoms with E-state index in [2.05, 4.69) is 10.3 Å². The number of halogens is 3. The van der Waals surface area contributed by atoms with Gasteiger partial charge in [0, 0.05) is 25.2 Å². The van der Waals surface area contributed by atoms with Gasteiger partial charge in [0.15, 0.2) is 0 Å². The zero-order valence-electron chi connectivity index (χ0n) is 21.9. The average Bonchev–Trinajstić information content (AvgIpc) is 3.34. The summed E-state index contributed by atoms with van der Waals surface area (Å²) in [6.45, 7) is 3.42. The maximum absolute atomic E-state index is 14.3. The zero-order chi connectivity index (χ0) is 28.4. The highest BCUT2D eigenvalue weighted by atomic mass is 19.1. The number of nitrogens with zero attached hydrogens (tertiary/aromatic N) is 2. The minimum absolute atomic E-state index is 0.164. The van der Waals surface area contributed by atoms with Gasteiger partial charge in [0.25, 0.3) is 11.8 Å². The third-order valence-electron chi connectivity index (χ3n) is 7.67. The topological polar surface area (TPSA) is 88.6 Å². The normalized spacial score (nSPS) is 18.1. The standard InChI is InChI=1S/C30H28F3N3O4/c1-18-5-7-19(8-6-18)27(37)29(39)36-13-11-30(12-14-36)15-20(40-17-30)16-34-28(38)24-10-9-23(33)26(35-24)25-21(31)3-2-4-22(25)32/h2-10,20H,11-17H2,1H3,(H,34,38). The summed E-state index contributed by atoms with van der Waals surface area (Å²) in [6, 6.07) is 12.1. The van der Waals surface area contributed by atoms with Crippen molar-refractivity contribution in [3.8, 4) is 11.3 Å². The molecule has 1 unspecified atom stereocenters. The summed E-state index contributed by atoms with van der Waals surface area (Å²) in [5, 5.41) is 2.71. The summed E-state index contributed by atoms with van der Waals surface area (Å²) in [7, 11) is 0. The Labute approximate surface area is 229 Å². The van der Waals surface area contributed by atoms with E-state index in [1.807, 2.05) is 6.92 Å². The van der Waals surface area contributed by atoms with Crippen molar-refractivity contribution in [3.63, 3.8) is 0 Å². The maximum Gasteiger partial charge on any atom is 0.294 e. The highest BCUT2D eigenvalue weighted by Crippen LogP contribution is 2.42. The maximum atomic E-state index is 14.3. The summed E-state index contributed by atoms with van der Waals surface area (Å²) in [6.07, 6.45) is 1.71. The first-order chi connectivity index (χ1) is 19.2. The lowest BCUT2D eigenvalue weighted by Crippen LogP contribution is -2.46. The molecule has 40 heavy (non-hydrogen) atoms. The Morgan fingerprint density at radius 3 is 2.33 bits per heavy atom. The summed E-state index contributed by atoms with van der Waals surface area (Å²) in [4.78, 5) is 43.6. The van der Waals surface area contributed by atoms with Gasteiger partial charge in [-0.25, -0.2) is 18.2 Å². The molecule has 0 aliphatic carbocycles. The largest absolute Gasteiger partial charge is 0.376 e. The van der Waals surface area contributed by atoms with Gasteiger partial charge >= 0.3 is 0 Å². The third-order valence-corrected chi connectivity index (χ3v) is 7.67. The summed E-state index contributed by atoms with van der Waals surface area (Å²) >= 11 is 0. The van der Waals surface area contributed by atoms with E-state index >= 15 is 0 Å². The number of pyridine rings is 1. The van der Waals surface area contributed by atoms with Crippen LogP contribution in [0, 0.1) is 29.8 Å². The van der Waals surface area contributed by atoms with E-state index in [1.165, 1.54) is 0 Å². The molecule has 1 N–H and O–H groups in total. The van der Waals surface area contributed by atoms with Gasteiger partial charge in [-0.3, -0.25) is 14.4 Å². The van der Waals surface area contributed by atoms with Crippen molar-refractivity contribution in [2.75, 3.05) is 26.2 Å². The second kappa shape index (κ2) is 11.2. The van der Waals surface area contributed by atoms with Crippen molar-refractivity contribution in [3.05, 3.63) is 88.9 Å². The van der Waals surface area contributed by atoms with E-state index in [4.69, 9.17) is 4.74 Å². The van der Waals surface area contributed by atoms with Gasteiger partial charge in [-0.05, 0) is 55.9 Å². The molecule has 2 fully saturated rings. The summed E-state index contributed by atoms with van der Waals surface area (Å²) in [5.41, 5.74) is -0.187. The van der Waals surface area contributed by atoms with Crippen LogP contribution in [0.5, 0.6) is 0 Å². The number of ketones is 1. The molecule has 2 aromatic carbocycles. The van der Waals surface area contributed by atoms with Gasteiger partial charge in [-0.1, -0.05) is 35.9 Å². The second-order valence-electron chi connectivity index (χ2n) is 10.5. The Balaban J connectivity index is 1.15. The molecule has 2 saturated heterocycles. The molecular weight excluding hydrogens is 523 g/mol. The number of aryl methyl sites for hydroxylation is 1. The van der Waals surface area contributed by atoms with Crippen molar-refractivity contribution < 1.29 is 32.3 Å². The van der Waals surface area contributed by atoms with Crippen molar-refractivity contribution in [1.29, 1.82) is 0 Å². The number of carbonyl (C=O) groups excluding carboxylic acids is 3. The van der Waals surface area contributed by atoms with Crippen LogP contribution in [0.2, 0.25) is 0 Å². The average molecular weight is 552 g/mol. The summed E-state index contributed by atoms with van der Waals surface area (Å²) < 4.78 is 48.6. The number of carbonyl (C=O) groups is 3. The number of hydrogen-bond donors (Lipinski definition) is 1. The number of aromatic nitrogens is 1. The van der Waals surface area contributed by atoms with E-state index in [9.17, 15) is 27.6 Å². The molecular formula is C30H28F3N3O4. The van der Waals surface area contributed by atoms with Crippen molar-refractivity contribution in [1.82, 2.24) is 15.2 Å². The Morgan fingerprint density at radius 1 is 0.975 bits per heavy atom. The van der Waals surface area contributed by atoms with Gasteiger partial charge in [-0.2, -0.15) is 0 Å². The number of rotatable bonds is 6. The predicted molar refractivity (Wildman–Crippen MR) is 140 cm³/mol. The molecule has 0 bridgehead atoms. The highest BCUT2D eigenvalue weighted by molar-refractivity contribution is 6.42. The molecule has 2 aliphatic rings. The van der Waals surface area contributed by atoms with Gasteiger partial charge in [0.05, 0.1) is 18.3 Å². The Hall–Kier alpha value is -4.05. The van der Waals surface area contributed by atoms with Crippen LogP contribution in [-0.4, -0.2) is 59.8 Å². The van der Waals surface area contributed by atoms with Crippen molar-refractivity contribution >= 4 is 17.6 Å². The molecule has 3 aromatic rings. The number of hydrogen-bond acceptors (Lipinski definition) is 5. The van der Waals surface area contributed by atoms with Crippen LogP contribution in [0.1, 0.15) is 45.7 Å². The van der Waals surface area contributed by atoms with Gasteiger partial charge in [-0.15, -0.1) is 0 Å². The first-order valence-electron chi connectivity index (χ1n) is 13.1. The lowest BCUT2D eigenvalue weighted by molar-refractivity contribution is -0.128. The van der Waals surface area contributed by atoms with E-state index in [0.717, 1.165) is 35.9 Å². The second-order valence-corrected chi connectivity index (χ2v) is 10.5. The number of Topliss-reactive ketones (excluding diaryl/α,β-unsaturated/α-hetero) is 1. The highest BCUT2D eigenvalue weighted by Gasteiger charge is 2.43. The van der Waals surface area contributed by atoms with Crippen LogP contribution < -0.4 is 5.32 Å². The molecule has 1 atom stereocenters. The minimum atomic E-state index is -0.985. The molecule has 3 heterocycles. The van der Waals surface area contributed by atoms with Gasteiger partial charge < -0.3 is 15.0 Å². The molecule has 1 spiro atoms. The monoisotopic (exact) mass is 551 g/mol. The predicted octanol–water partition coefficient (Wildman–Crippen LogP) is 4.48. The van der Waals surface area contributed by atoms with E-state index in [1.54, 1.807) is 29.2 Å². The van der Waals surface area contributed by atoms with Crippen LogP contribution >= 0.6 is 0 Å². The van der Waals surface area contributed by atoms with Gasteiger partial charge in [0.2, 0.25) is 5.78 Å². The molecule has 1 aromatic heterocycles. The van der Waals surface area contributed by atoms with Crippen molar-refractivity contribution in [2.45, 2.75) is 32.3 Å². The third kappa shape index (κ3) is 5.62. The lowest BCUT2D eigenvalue weighted by atomic mass is 9.76. The number of likely N-dealkylation sites (tertiary alicyclic amines) is 1. The van der Waals surface area contributed by atoms with Crippen molar-refractivity contribution in [2.24, 2.45) is 5.41 Å². The lowest BCUT2D eigenvalue weighted by Gasteiger charge is -2.38. The number of nitrogens with one attached hydrogen (secondary N) is 1. The van der Waals surface area contributed by atoms with E-state index in [0.29, 0.717) is 44.5 Å². The molecule has 2 amide bonds. The van der Waals surface area contributed by atoms with Crippen LogP contribution in [0.15, 0.2) is 54.6 Å². The molecule has 5 rings (SSSR count). The van der Waals surface area contributed by atoms with Crippen LogP contribution in [-0.2, 0) is 9.53 Å². The van der Waals surface area contributed by atoms with E-state index < -0.39 is 46.3 Å². The number of piperidine rings is 1. The molecule has 0 radical (unpaired) electrons. The fourth-order valence-electron chi connectivity index (χ4n) is 5.30. The SMILES string of the molecule is Cc1ccc(C(=O)C(=O)N2CCC3(CC2)COC(CNC(=O)c2ccc(F)c(-c4c(F)cccc4F)n2)C3)cc1.